The zero-order chi connectivity index (χ0) is 13.4. The fourth-order valence-electron chi connectivity index (χ4n) is 2.33. The molecule has 1 fully saturated rings. The molecule has 6 heteroatoms. The fraction of sp³-hybridized carbons (Fsp3) is 0.385. The molecule has 2 N–H and O–H groups in total. The number of halogens is 1. The molecule has 1 aliphatic rings. The monoisotopic (exact) mass is 279 g/mol. The van der Waals surface area contributed by atoms with Crippen molar-refractivity contribution in [3.63, 3.8) is 0 Å². The Bertz CT molecular complexity index is 620. The Balaban J connectivity index is 2.12. The zero-order valence-corrected chi connectivity index (χ0v) is 11.2. The highest BCUT2D eigenvalue weighted by molar-refractivity contribution is 6.33. The van der Waals surface area contributed by atoms with Crippen molar-refractivity contribution >= 4 is 22.5 Å². The van der Waals surface area contributed by atoms with E-state index in [1.165, 1.54) is 0 Å². The molecule has 1 saturated heterocycles. The predicted molar refractivity (Wildman–Crippen MR) is 72.4 cm³/mol. The summed E-state index contributed by atoms with van der Waals surface area (Å²) < 4.78 is 5.72. The Morgan fingerprint density at radius 2 is 2.37 bits per heavy atom. The summed E-state index contributed by atoms with van der Waals surface area (Å²) in [4.78, 5) is 8.48. The number of hydrogen-bond acceptors (Lipinski definition) is 5. The lowest BCUT2D eigenvalue weighted by Gasteiger charge is -2.30. The van der Waals surface area contributed by atoms with E-state index in [-0.39, 0.29) is 23.0 Å². The summed E-state index contributed by atoms with van der Waals surface area (Å²) in [7, 11) is 0. The lowest BCUT2D eigenvalue weighted by Crippen LogP contribution is -2.41. The molecule has 1 aliphatic heterocycles. The van der Waals surface area contributed by atoms with Gasteiger partial charge in [0.1, 0.15) is 17.4 Å². The van der Waals surface area contributed by atoms with Crippen LogP contribution in [0.3, 0.4) is 0 Å². The summed E-state index contributed by atoms with van der Waals surface area (Å²) >= 11 is 6.04. The van der Waals surface area contributed by atoms with Crippen LogP contribution in [0, 0.1) is 0 Å². The number of fused-ring (bicyclic) bond motifs is 1. The van der Waals surface area contributed by atoms with Gasteiger partial charge in [0.25, 0.3) is 0 Å². The highest BCUT2D eigenvalue weighted by Crippen LogP contribution is 2.32. The van der Waals surface area contributed by atoms with E-state index in [0.29, 0.717) is 23.2 Å². The summed E-state index contributed by atoms with van der Waals surface area (Å²) in [5.41, 5.74) is 1.17. The summed E-state index contributed by atoms with van der Waals surface area (Å²) in [6, 6.07) is 3.46. The molecule has 0 saturated carbocycles. The molecule has 3 rings (SSSR count). The first-order valence-electron chi connectivity index (χ1n) is 6.16. The molecule has 3 heterocycles. The number of ether oxygens (including phenoxy) is 1. The number of nitrogens with one attached hydrogen (secondary N) is 1. The van der Waals surface area contributed by atoms with Crippen LogP contribution in [-0.4, -0.2) is 34.3 Å². The number of aromatic hydroxyl groups is 1. The quantitative estimate of drug-likeness (QED) is 0.782. The van der Waals surface area contributed by atoms with E-state index in [2.05, 4.69) is 15.3 Å². The second kappa shape index (κ2) is 4.92. The van der Waals surface area contributed by atoms with E-state index in [0.717, 1.165) is 6.54 Å². The molecule has 0 amide bonds. The molecule has 100 valence electrons. The highest BCUT2D eigenvalue weighted by Gasteiger charge is 2.25. The van der Waals surface area contributed by atoms with Gasteiger partial charge in [0.05, 0.1) is 12.3 Å². The Kier molecular flexibility index (Phi) is 3.26. The average Bonchev–Trinajstić information content (AvgIpc) is 2.40. The van der Waals surface area contributed by atoms with E-state index < -0.39 is 0 Å². The van der Waals surface area contributed by atoms with Crippen LogP contribution in [-0.2, 0) is 4.74 Å². The first-order valence-corrected chi connectivity index (χ1v) is 6.53. The van der Waals surface area contributed by atoms with Crippen LogP contribution in [0.25, 0.3) is 10.9 Å². The van der Waals surface area contributed by atoms with Crippen molar-refractivity contribution in [2.75, 3.05) is 13.2 Å². The number of hydrogen-bond donors (Lipinski definition) is 2. The molecule has 1 unspecified atom stereocenters. The van der Waals surface area contributed by atoms with Gasteiger partial charge in [-0.15, -0.1) is 0 Å². The topological polar surface area (TPSA) is 67.3 Å². The van der Waals surface area contributed by atoms with Crippen LogP contribution in [0.2, 0.25) is 5.15 Å². The molecule has 2 atom stereocenters. The third kappa shape index (κ3) is 2.25. The maximum absolute atomic E-state index is 10.1. The van der Waals surface area contributed by atoms with Crippen molar-refractivity contribution in [2.45, 2.75) is 19.1 Å². The van der Waals surface area contributed by atoms with E-state index in [9.17, 15) is 5.11 Å². The van der Waals surface area contributed by atoms with Crippen molar-refractivity contribution in [3.05, 3.63) is 29.2 Å². The van der Waals surface area contributed by atoms with Gasteiger partial charge in [-0.1, -0.05) is 11.6 Å². The smallest absolute Gasteiger partial charge is 0.155 e. The first-order chi connectivity index (χ1) is 9.16. The Morgan fingerprint density at radius 1 is 1.53 bits per heavy atom. The van der Waals surface area contributed by atoms with Crippen LogP contribution < -0.4 is 5.32 Å². The number of aromatic nitrogens is 2. The van der Waals surface area contributed by atoms with Gasteiger partial charge < -0.3 is 15.2 Å². The van der Waals surface area contributed by atoms with Crippen molar-refractivity contribution in [1.29, 1.82) is 0 Å². The van der Waals surface area contributed by atoms with Gasteiger partial charge in [-0.25, -0.2) is 9.97 Å². The highest BCUT2D eigenvalue weighted by atomic mass is 35.5. The maximum Gasteiger partial charge on any atom is 0.155 e. The first kappa shape index (κ1) is 12.6. The molecule has 2 aromatic rings. The van der Waals surface area contributed by atoms with Gasteiger partial charge in [-0.2, -0.15) is 0 Å². The largest absolute Gasteiger partial charge is 0.507 e. The Labute approximate surface area is 115 Å². The van der Waals surface area contributed by atoms with Crippen molar-refractivity contribution in [2.24, 2.45) is 0 Å². The van der Waals surface area contributed by atoms with E-state index in [1.54, 1.807) is 18.3 Å². The molecule has 2 aromatic heterocycles. The molecule has 0 bridgehead atoms. The summed E-state index contributed by atoms with van der Waals surface area (Å²) in [5, 5.41) is 14.3. The molecule has 5 nitrogen and oxygen atoms in total. The third-order valence-corrected chi connectivity index (χ3v) is 3.57. The lowest BCUT2D eigenvalue weighted by atomic mass is 10.1. The fourth-order valence-corrected chi connectivity index (χ4v) is 2.53. The molecule has 0 radical (unpaired) electrons. The normalized spacial score (nSPS) is 23.7. The molecular formula is C13H14ClN3O2. The summed E-state index contributed by atoms with van der Waals surface area (Å²) in [6.45, 7) is 3.47. The van der Waals surface area contributed by atoms with Crippen molar-refractivity contribution in [1.82, 2.24) is 15.3 Å². The third-order valence-electron chi connectivity index (χ3n) is 3.29. The van der Waals surface area contributed by atoms with E-state index in [4.69, 9.17) is 16.3 Å². The molecule has 0 spiro atoms. The number of nitrogens with zero attached hydrogens (tertiary/aromatic N) is 2. The van der Waals surface area contributed by atoms with Gasteiger partial charge in [0.15, 0.2) is 5.15 Å². The van der Waals surface area contributed by atoms with Gasteiger partial charge in [0.2, 0.25) is 0 Å². The number of rotatable bonds is 1. The lowest BCUT2D eigenvalue weighted by molar-refractivity contribution is -0.00272. The summed E-state index contributed by atoms with van der Waals surface area (Å²) in [5.74, 6) is 0.144. The Hall–Kier alpha value is -1.43. The van der Waals surface area contributed by atoms with E-state index >= 15 is 0 Å². The van der Waals surface area contributed by atoms with E-state index in [1.807, 2.05) is 6.92 Å². The second-order valence-electron chi connectivity index (χ2n) is 4.60. The van der Waals surface area contributed by atoms with Gasteiger partial charge >= 0.3 is 0 Å². The van der Waals surface area contributed by atoms with Gasteiger partial charge in [0, 0.05) is 30.2 Å². The number of morpholine rings is 1. The van der Waals surface area contributed by atoms with Crippen LogP contribution >= 0.6 is 11.6 Å². The minimum atomic E-state index is -0.194. The number of pyridine rings is 2. The minimum Gasteiger partial charge on any atom is -0.507 e. The molecular weight excluding hydrogens is 266 g/mol. The van der Waals surface area contributed by atoms with Gasteiger partial charge in [-0.3, -0.25) is 0 Å². The molecule has 0 aliphatic carbocycles. The second-order valence-corrected chi connectivity index (χ2v) is 4.96. The zero-order valence-electron chi connectivity index (χ0n) is 10.4. The SMILES string of the molecule is CC1NCCO[C@@H]1c1cc(O)c2ccnc(Cl)c2n1. The van der Waals surface area contributed by atoms with Crippen molar-refractivity contribution < 1.29 is 9.84 Å². The average molecular weight is 280 g/mol. The molecule has 0 aromatic carbocycles. The van der Waals surface area contributed by atoms with Crippen molar-refractivity contribution in [3.8, 4) is 5.75 Å². The maximum atomic E-state index is 10.1. The van der Waals surface area contributed by atoms with Crippen LogP contribution in [0.4, 0.5) is 0 Å². The Morgan fingerprint density at radius 3 is 3.16 bits per heavy atom. The van der Waals surface area contributed by atoms with Crippen LogP contribution in [0.1, 0.15) is 18.7 Å². The minimum absolute atomic E-state index is 0.133. The molecule has 19 heavy (non-hydrogen) atoms. The summed E-state index contributed by atoms with van der Waals surface area (Å²) in [6.07, 6.45) is 1.35. The predicted octanol–water partition coefficient (Wildman–Crippen LogP) is 2.04. The van der Waals surface area contributed by atoms with Crippen LogP contribution in [0.5, 0.6) is 5.75 Å². The standard InChI is InChI=1S/C13H14ClN3O2/c1-7-12(19-5-4-15-7)9-6-10(18)8-2-3-16-13(14)11(8)17-9/h2-3,6-7,12,15H,4-5H2,1H3,(H,17,18)/t7?,12-/m0/s1. The van der Waals surface area contributed by atoms with Crippen LogP contribution in [0.15, 0.2) is 18.3 Å². The van der Waals surface area contributed by atoms with Gasteiger partial charge in [-0.05, 0) is 13.0 Å².